The molecule has 0 rings (SSSR count). The summed E-state index contributed by atoms with van der Waals surface area (Å²) < 4.78 is 31.6. The third kappa shape index (κ3) is 51.2. The van der Waals surface area contributed by atoms with Gasteiger partial charge in [0, 0.05) is 51.3 Å². The minimum atomic E-state index is -1.06. The molecule has 0 spiro atoms. The molecule has 26 nitrogen and oxygen atoms in total. The molecule has 434 valence electrons. The molecule has 75 heavy (non-hydrogen) atoms. The molecule has 0 aromatic carbocycles. The van der Waals surface area contributed by atoms with Crippen molar-refractivity contribution in [3.63, 3.8) is 0 Å². The van der Waals surface area contributed by atoms with Gasteiger partial charge in [0.15, 0.2) is 13.1 Å². The predicted octanol–water partition coefficient (Wildman–Crippen LogP) is 0.658. The van der Waals surface area contributed by atoms with Crippen molar-refractivity contribution in [3.8, 4) is 0 Å². The molecule has 0 radical (unpaired) electrons. The highest BCUT2D eigenvalue weighted by molar-refractivity contribution is 5.81. The quantitative estimate of drug-likeness (QED) is 0.0164. The first-order valence-corrected chi connectivity index (χ1v) is 23.9. The van der Waals surface area contributed by atoms with Gasteiger partial charge in [-0.05, 0) is 55.0 Å². The van der Waals surface area contributed by atoms with Crippen LogP contribution in [0.5, 0.6) is 0 Å². The molecule has 0 aliphatic heterocycles. The lowest BCUT2D eigenvalue weighted by Crippen LogP contribution is -2.52. The standard InChI is InChI=1S/C25H45N3O10.C17H28NO6.C6H12N2O4.CH4/c1-7-8-22(33)36-15-13-28(6,19-24(35)38-25(2,3)4)14-16-37-23(34)9-10-27(18-21(31)32)12-11-26(5)17-20(29)30;1-7-14(19)22-11-9-18(6,10-12-23-15(20)8-2)13-16(21)24-17(3,4)5;9-5(10)3-7-1-2-8-4-6(11)12;/h7-19H2,1-6H3,(H-,29,30,31,32);7-8H,1-2,9-13H2,3-6H3;7-8H,1-4H2,(H,9,10)(H,11,12);1H4/q;+1;;/p+1. The fraction of sp³-hybridized carbons (Fsp3) is 0.714. The highest BCUT2D eigenvalue weighted by Gasteiger charge is 2.31. The minimum absolute atomic E-state index is 0. The van der Waals surface area contributed by atoms with E-state index >= 15 is 0 Å². The van der Waals surface area contributed by atoms with E-state index < -0.39 is 59.0 Å². The summed E-state index contributed by atoms with van der Waals surface area (Å²) in [6.45, 7) is 21.8. The monoisotopic (exact) mass is 1080 g/mol. The zero-order chi connectivity index (χ0) is 57.6. The maximum absolute atomic E-state index is 12.5. The molecule has 1 unspecified atom stereocenters. The molecule has 6 N–H and O–H groups in total. The van der Waals surface area contributed by atoms with Crippen molar-refractivity contribution in [2.75, 3.05) is 146 Å². The Bertz CT molecular complexity index is 1740. The van der Waals surface area contributed by atoms with E-state index in [4.69, 9.17) is 48.8 Å². The Hall–Kier alpha value is -6.06. The van der Waals surface area contributed by atoms with Crippen LogP contribution in [0.25, 0.3) is 0 Å². The summed E-state index contributed by atoms with van der Waals surface area (Å²) in [5.74, 6) is -6.61. The highest BCUT2D eigenvalue weighted by Crippen LogP contribution is 2.12. The van der Waals surface area contributed by atoms with Gasteiger partial charge in [0.05, 0.1) is 46.7 Å². The molecular weight excluding hydrogens is 993 g/mol. The first-order chi connectivity index (χ1) is 34.2. The van der Waals surface area contributed by atoms with Crippen LogP contribution in [-0.4, -0.2) is 256 Å². The number of carbonyl (C=O) groups is 10. The predicted molar refractivity (Wildman–Crippen MR) is 274 cm³/mol. The molecular formula is C49H90N6O20+2. The highest BCUT2D eigenvalue weighted by atomic mass is 16.6. The Balaban J connectivity index is -0.000000577. The zero-order valence-electron chi connectivity index (χ0n) is 45.2. The summed E-state index contributed by atoms with van der Waals surface area (Å²) in [5, 5.41) is 39.5. The Kier molecular flexibility index (Phi) is 41.5. The van der Waals surface area contributed by atoms with E-state index in [1.165, 1.54) is 4.90 Å². The number of hydrogen-bond donors (Lipinski definition) is 6. The molecule has 0 saturated heterocycles. The van der Waals surface area contributed by atoms with Gasteiger partial charge in [-0.2, -0.15) is 0 Å². The Morgan fingerprint density at radius 3 is 1.21 bits per heavy atom. The van der Waals surface area contributed by atoms with Gasteiger partial charge in [0.2, 0.25) is 0 Å². The average Bonchev–Trinajstić information content (AvgIpc) is 3.24. The lowest BCUT2D eigenvalue weighted by molar-refractivity contribution is -0.902. The van der Waals surface area contributed by atoms with Crippen LogP contribution < -0.4 is 10.6 Å². The van der Waals surface area contributed by atoms with Gasteiger partial charge in [-0.1, -0.05) is 27.5 Å². The van der Waals surface area contributed by atoms with E-state index in [2.05, 4.69) is 23.8 Å². The molecule has 0 fully saturated rings. The number of ether oxygens (including phenoxy) is 6. The normalized spacial score (nSPS) is 11.8. The first kappa shape index (κ1) is 75.5. The summed E-state index contributed by atoms with van der Waals surface area (Å²) in [4.78, 5) is 116. The van der Waals surface area contributed by atoms with E-state index in [1.54, 1.807) is 67.6 Å². The summed E-state index contributed by atoms with van der Waals surface area (Å²) >= 11 is 0. The van der Waals surface area contributed by atoms with Crippen LogP contribution in [0.15, 0.2) is 25.3 Å². The van der Waals surface area contributed by atoms with E-state index in [-0.39, 0.29) is 120 Å². The Morgan fingerprint density at radius 1 is 0.533 bits per heavy atom. The van der Waals surface area contributed by atoms with Gasteiger partial charge in [-0.15, -0.1) is 0 Å². The summed E-state index contributed by atoms with van der Waals surface area (Å²) in [5.41, 5.74) is -1.25. The third-order valence-electron chi connectivity index (χ3n) is 9.41. The van der Waals surface area contributed by atoms with Crippen molar-refractivity contribution in [2.24, 2.45) is 0 Å². The average molecular weight is 1080 g/mol. The number of carbonyl (C=O) groups excluding carboxylic acids is 6. The molecule has 1 atom stereocenters. The number of esters is 6. The van der Waals surface area contributed by atoms with Crippen LogP contribution >= 0.6 is 0 Å². The number of likely N-dealkylation sites (N-methyl/N-ethyl adjacent to an activating group) is 3. The Labute approximate surface area is 442 Å². The van der Waals surface area contributed by atoms with E-state index in [9.17, 15) is 47.9 Å². The van der Waals surface area contributed by atoms with E-state index in [0.717, 1.165) is 12.2 Å². The molecule has 0 aromatic rings. The van der Waals surface area contributed by atoms with Crippen molar-refractivity contribution in [2.45, 2.75) is 86.4 Å². The van der Waals surface area contributed by atoms with Crippen LogP contribution in [0, 0.1) is 0 Å². The molecule has 0 aliphatic carbocycles. The van der Waals surface area contributed by atoms with Gasteiger partial charge < -0.3 is 68.4 Å². The largest absolute Gasteiger partial charge is 0.480 e. The molecule has 0 aliphatic rings. The van der Waals surface area contributed by atoms with E-state index in [0.29, 0.717) is 52.1 Å². The lowest BCUT2D eigenvalue weighted by Gasteiger charge is -2.34. The summed E-state index contributed by atoms with van der Waals surface area (Å²) in [6, 6.07) is 0. The smallest absolute Gasteiger partial charge is 0.362 e. The number of aliphatic carboxylic acids is 4. The van der Waals surface area contributed by atoms with Crippen LogP contribution in [0.1, 0.15) is 75.2 Å². The number of carboxylic acid groups (broad SMARTS) is 4. The fourth-order valence-corrected chi connectivity index (χ4v) is 5.77. The van der Waals surface area contributed by atoms with Gasteiger partial charge in [0.1, 0.15) is 63.8 Å². The second-order valence-corrected chi connectivity index (χ2v) is 19.2. The van der Waals surface area contributed by atoms with Crippen molar-refractivity contribution in [1.82, 2.24) is 20.4 Å². The maximum Gasteiger partial charge on any atom is 0.362 e. The molecule has 0 aromatic heterocycles. The molecule has 0 bridgehead atoms. The number of nitrogens with zero attached hydrogens (tertiary/aromatic N) is 4. The molecule has 0 amide bonds. The maximum atomic E-state index is 12.5. The van der Waals surface area contributed by atoms with Crippen LogP contribution in [-0.2, 0) is 76.4 Å². The minimum Gasteiger partial charge on any atom is -0.480 e. The molecule has 0 saturated carbocycles. The van der Waals surface area contributed by atoms with Crippen LogP contribution in [0.2, 0.25) is 0 Å². The number of nitrogens with one attached hydrogen (secondary N) is 2. The topological polar surface area (TPSA) is 338 Å². The number of hydrogen-bond acceptors (Lipinski definition) is 20. The third-order valence-corrected chi connectivity index (χ3v) is 9.41. The van der Waals surface area contributed by atoms with Crippen molar-refractivity contribution < 1.29 is 106 Å². The second-order valence-electron chi connectivity index (χ2n) is 19.2. The van der Waals surface area contributed by atoms with Crippen molar-refractivity contribution in [1.29, 1.82) is 0 Å². The number of quaternary nitrogens is 2. The molecule has 26 heteroatoms. The van der Waals surface area contributed by atoms with Gasteiger partial charge in [0.25, 0.3) is 0 Å². The lowest BCUT2D eigenvalue weighted by atomic mass is 10.2. The molecule has 0 heterocycles. The van der Waals surface area contributed by atoms with Crippen LogP contribution in [0.4, 0.5) is 0 Å². The first-order valence-electron chi connectivity index (χ1n) is 23.9. The number of carboxylic acids is 4. The van der Waals surface area contributed by atoms with Crippen molar-refractivity contribution >= 4 is 59.7 Å². The zero-order valence-corrected chi connectivity index (χ0v) is 45.2. The van der Waals surface area contributed by atoms with Gasteiger partial charge in [-0.25, -0.2) is 19.2 Å². The second kappa shape index (κ2) is 41.2. The summed E-state index contributed by atoms with van der Waals surface area (Å²) in [7, 11) is 5.19. The van der Waals surface area contributed by atoms with E-state index in [1.807, 2.05) is 6.92 Å². The SMILES string of the molecule is C.C=CC(=O)OCC[N+](C)(CCOC(=O)C=C)CC(=O)OC(C)(C)C.CCCC(=O)OCC[N+](C)(CCOC(=O)CCN(CCN(C)CC(=O)O)CC(=O)O)CC(=O)OC(C)(C)C.O=C(O)CNCCNCC(=O)O. The van der Waals surface area contributed by atoms with Gasteiger partial charge >= 0.3 is 59.7 Å². The van der Waals surface area contributed by atoms with Crippen LogP contribution in [0.3, 0.4) is 0 Å². The van der Waals surface area contributed by atoms with Crippen molar-refractivity contribution in [3.05, 3.63) is 25.3 Å². The Morgan fingerprint density at radius 2 is 0.893 bits per heavy atom. The summed E-state index contributed by atoms with van der Waals surface area (Å²) in [6.07, 6.45) is 3.07. The fourth-order valence-electron chi connectivity index (χ4n) is 5.77. The van der Waals surface area contributed by atoms with Gasteiger partial charge in [-0.3, -0.25) is 38.6 Å². The number of rotatable bonds is 37.